The number of guanidine groups is 1. The zero-order valence-electron chi connectivity index (χ0n) is 44.3. The molecule has 18 nitrogen and oxygen atoms in total. The van der Waals surface area contributed by atoms with Gasteiger partial charge in [-0.2, -0.15) is 0 Å². The summed E-state index contributed by atoms with van der Waals surface area (Å²) in [5.41, 5.74) is 10.2. The molecule has 410 valence electrons. The fourth-order valence-electron chi connectivity index (χ4n) is 8.56. The molecule has 0 saturated heterocycles. The number of aliphatic imine (C=N–C) groups is 1. The van der Waals surface area contributed by atoms with Gasteiger partial charge in [0.2, 0.25) is 23.7 Å². The zero-order valence-corrected chi connectivity index (χ0v) is 44.3. The molecule has 1 aliphatic rings. The van der Waals surface area contributed by atoms with Gasteiger partial charge in [0.05, 0.1) is 12.0 Å². The standard InChI is InChI=1S/C61H65N7O11/c1-61(2,3)79-59(74)66-52(35-42-30-32-46(33-31-42)76-38-43-21-10-5-11-22-43)56(72)64-50(55(71)65-51(53(69)36-41-19-8-4-9-20-41)37-48-47-27-16-17-28-49(47)63-54(48)70)29-18-34-68(60(75)78-40-45-25-14-7-15-26-45)57(62)67-58(73)77-39-44-23-12-6-13-24-44/h4-17,19-28,30-33,48,50-52H,18,29,34-40H2,1-3H3,(H,63,70)(H,64,72)(H,65,71)(H,66,74)(H2,62,67,73)/t48?,50-,51-,52-/m0/s1. The number of hydrogen-bond acceptors (Lipinski definition) is 11. The first-order chi connectivity index (χ1) is 38.1. The van der Waals surface area contributed by atoms with Crippen LogP contribution in [0.25, 0.3) is 0 Å². The molecule has 79 heavy (non-hydrogen) atoms. The summed E-state index contributed by atoms with van der Waals surface area (Å²) in [5.74, 6) is -3.19. The average molecular weight is 1070 g/mol. The molecule has 6 aromatic carbocycles. The molecular formula is C61H65N7O11. The van der Waals surface area contributed by atoms with Crippen molar-refractivity contribution < 1.29 is 52.5 Å². The third kappa shape index (κ3) is 18.2. The molecule has 1 heterocycles. The van der Waals surface area contributed by atoms with Crippen LogP contribution >= 0.6 is 0 Å². The van der Waals surface area contributed by atoms with Crippen LogP contribution in [0.3, 0.4) is 0 Å². The van der Waals surface area contributed by atoms with Crippen molar-refractivity contribution in [2.24, 2.45) is 10.7 Å². The van der Waals surface area contributed by atoms with Gasteiger partial charge in [-0.15, -0.1) is 4.99 Å². The van der Waals surface area contributed by atoms with Crippen molar-refractivity contribution in [3.8, 4) is 5.75 Å². The Kier molecular flexibility index (Phi) is 20.5. The van der Waals surface area contributed by atoms with Gasteiger partial charge in [0.15, 0.2) is 5.78 Å². The minimum atomic E-state index is -1.46. The molecule has 7 rings (SSSR count). The third-order valence-corrected chi connectivity index (χ3v) is 12.5. The number of carbonyl (C=O) groups excluding carboxylic acids is 7. The first-order valence-electron chi connectivity index (χ1n) is 25.9. The van der Waals surface area contributed by atoms with E-state index in [1.807, 2.05) is 42.5 Å². The number of hydrogen-bond donors (Lipinski definition) is 5. The van der Waals surface area contributed by atoms with Gasteiger partial charge >= 0.3 is 18.3 Å². The van der Waals surface area contributed by atoms with Gasteiger partial charge in [-0.3, -0.25) is 19.2 Å². The lowest BCUT2D eigenvalue weighted by atomic mass is 9.89. The van der Waals surface area contributed by atoms with Crippen molar-refractivity contribution in [3.63, 3.8) is 0 Å². The van der Waals surface area contributed by atoms with Crippen LogP contribution in [0.15, 0.2) is 175 Å². The van der Waals surface area contributed by atoms with Crippen LogP contribution in [0.5, 0.6) is 5.75 Å². The largest absolute Gasteiger partial charge is 0.489 e. The van der Waals surface area contributed by atoms with Gasteiger partial charge in [-0.25, -0.2) is 19.3 Å². The van der Waals surface area contributed by atoms with E-state index < -0.39 is 71.5 Å². The number of Topliss-reactive ketones (excluding diaryl/α,β-unsaturated/α-hetero) is 1. The maximum atomic E-state index is 15.0. The number of benzene rings is 6. The Labute approximate surface area is 459 Å². The Balaban J connectivity index is 1.17. The smallest absolute Gasteiger partial charge is 0.437 e. The number of fused-ring (bicyclic) bond motifs is 1. The van der Waals surface area contributed by atoms with Crippen molar-refractivity contribution in [2.75, 3.05) is 11.9 Å². The van der Waals surface area contributed by atoms with E-state index in [1.165, 1.54) is 0 Å². The molecular weight excluding hydrogens is 1010 g/mol. The number of ether oxygens (including phenoxy) is 4. The summed E-state index contributed by atoms with van der Waals surface area (Å²) >= 11 is 0. The Morgan fingerprint density at radius 1 is 0.620 bits per heavy atom. The SMILES string of the molecule is CC(C)(C)OC(=O)N[C@@H](Cc1ccc(OCc2ccccc2)cc1)C(=O)N[C@@H](CCCN(C(=O)OCc1ccccc1)C(N)=NC(=O)OCc1ccccc1)C(=O)N[C@@H](CC1C(=O)Nc2ccccc21)C(=O)Cc1ccccc1. The molecule has 0 bridgehead atoms. The second-order valence-corrected chi connectivity index (χ2v) is 19.8. The maximum absolute atomic E-state index is 15.0. The second kappa shape index (κ2) is 28.2. The fraction of sp³-hybridized carbons (Fsp3) is 0.279. The van der Waals surface area contributed by atoms with Crippen molar-refractivity contribution in [2.45, 2.75) is 102 Å². The molecule has 6 aromatic rings. The van der Waals surface area contributed by atoms with E-state index in [9.17, 15) is 33.6 Å². The van der Waals surface area contributed by atoms with E-state index >= 15 is 0 Å². The highest BCUT2D eigenvalue weighted by molar-refractivity contribution is 6.04. The predicted molar refractivity (Wildman–Crippen MR) is 296 cm³/mol. The maximum Gasteiger partial charge on any atom is 0.437 e. The number of alkyl carbamates (subject to hydrolysis) is 1. The zero-order chi connectivity index (χ0) is 56.2. The Morgan fingerprint density at radius 3 is 1.76 bits per heavy atom. The summed E-state index contributed by atoms with van der Waals surface area (Å²) in [5, 5.41) is 11.2. The van der Waals surface area contributed by atoms with Gasteiger partial charge in [0.1, 0.15) is 43.3 Å². The van der Waals surface area contributed by atoms with Crippen LogP contribution in [0.1, 0.15) is 79.3 Å². The molecule has 0 radical (unpaired) electrons. The number of nitrogens with two attached hydrogens (primary N) is 1. The number of anilines is 1. The Bertz CT molecular complexity index is 3050. The van der Waals surface area contributed by atoms with Crippen molar-refractivity contribution >= 4 is 53.4 Å². The lowest BCUT2D eigenvalue weighted by molar-refractivity contribution is -0.132. The highest BCUT2D eigenvalue weighted by Crippen LogP contribution is 2.35. The quantitative estimate of drug-likeness (QED) is 0.0230. The highest BCUT2D eigenvalue weighted by Gasteiger charge is 2.37. The summed E-state index contributed by atoms with van der Waals surface area (Å²) in [6.45, 7) is 4.74. The van der Waals surface area contributed by atoms with E-state index in [0.717, 1.165) is 10.5 Å². The summed E-state index contributed by atoms with van der Waals surface area (Å²) in [7, 11) is 0. The summed E-state index contributed by atoms with van der Waals surface area (Å²) in [4.78, 5) is 103. The van der Waals surface area contributed by atoms with E-state index in [0.29, 0.717) is 45.9 Å². The first-order valence-corrected chi connectivity index (χ1v) is 25.9. The van der Waals surface area contributed by atoms with Gasteiger partial charge in [0, 0.05) is 25.1 Å². The monoisotopic (exact) mass is 1070 g/mol. The lowest BCUT2D eigenvalue weighted by Gasteiger charge is -2.28. The molecule has 0 saturated carbocycles. The van der Waals surface area contributed by atoms with E-state index in [2.05, 4.69) is 26.3 Å². The van der Waals surface area contributed by atoms with Gasteiger partial charge in [-0.05, 0) is 91.6 Å². The number of nitrogens with one attached hydrogen (secondary N) is 4. The number of carbonyl (C=O) groups is 7. The molecule has 1 aliphatic heterocycles. The van der Waals surface area contributed by atoms with Crippen molar-refractivity contribution in [3.05, 3.63) is 203 Å². The van der Waals surface area contributed by atoms with Gasteiger partial charge in [0.25, 0.3) is 0 Å². The number of nitrogens with zero attached hydrogens (tertiary/aromatic N) is 2. The molecule has 0 aliphatic carbocycles. The first kappa shape index (κ1) is 57.4. The molecule has 6 amide bonds. The Hall–Kier alpha value is -9.32. The van der Waals surface area contributed by atoms with Crippen LogP contribution < -0.4 is 31.7 Å². The number of ketones is 1. The number of amides is 6. The molecule has 18 heteroatoms. The van der Waals surface area contributed by atoms with Crippen molar-refractivity contribution in [1.29, 1.82) is 0 Å². The molecule has 6 N–H and O–H groups in total. The van der Waals surface area contributed by atoms with Gasteiger partial charge < -0.3 is 45.9 Å². The summed E-state index contributed by atoms with van der Waals surface area (Å²) < 4.78 is 22.5. The van der Waals surface area contributed by atoms with Crippen LogP contribution in [-0.2, 0) is 66.1 Å². The third-order valence-electron chi connectivity index (χ3n) is 12.5. The summed E-state index contributed by atoms with van der Waals surface area (Å²) in [6, 6.07) is 46.3. The van der Waals surface area contributed by atoms with E-state index in [4.69, 9.17) is 24.7 Å². The van der Waals surface area contributed by atoms with Gasteiger partial charge in [-0.1, -0.05) is 152 Å². The molecule has 0 fully saturated rings. The van der Waals surface area contributed by atoms with Crippen molar-refractivity contribution in [1.82, 2.24) is 20.9 Å². The van der Waals surface area contributed by atoms with Crippen LogP contribution in [-0.4, -0.2) is 82.9 Å². The molecule has 0 spiro atoms. The predicted octanol–water partition coefficient (Wildman–Crippen LogP) is 8.68. The topological polar surface area (TPSA) is 246 Å². The molecule has 0 aromatic heterocycles. The minimum Gasteiger partial charge on any atom is -0.489 e. The molecule has 1 unspecified atom stereocenters. The fourth-order valence-corrected chi connectivity index (χ4v) is 8.56. The Morgan fingerprint density at radius 2 is 1.15 bits per heavy atom. The van der Waals surface area contributed by atoms with E-state index in [-0.39, 0.29) is 57.8 Å². The second-order valence-electron chi connectivity index (χ2n) is 19.8. The minimum absolute atomic E-state index is 0.0683. The number of rotatable bonds is 23. The van der Waals surface area contributed by atoms with Crippen LogP contribution in [0, 0.1) is 0 Å². The lowest BCUT2D eigenvalue weighted by Crippen LogP contribution is -2.57. The summed E-state index contributed by atoms with van der Waals surface area (Å²) in [6.07, 6.45) is -3.57. The normalized spacial score (nSPS) is 14.0. The van der Waals surface area contributed by atoms with Crippen LogP contribution in [0.4, 0.5) is 20.1 Å². The highest BCUT2D eigenvalue weighted by atomic mass is 16.6. The van der Waals surface area contributed by atoms with E-state index in [1.54, 1.807) is 148 Å². The van der Waals surface area contributed by atoms with Crippen LogP contribution in [0.2, 0.25) is 0 Å². The molecule has 4 atom stereocenters. The number of para-hydroxylation sites is 1. The average Bonchev–Trinajstić information content (AvgIpc) is 3.81.